The van der Waals surface area contributed by atoms with Crippen molar-refractivity contribution in [3.05, 3.63) is 11.4 Å². The van der Waals surface area contributed by atoms with Gasteiger partial charge in [-0.1, -0.05) is 24.2 Å². The average Bonchev–Trinajstić information content (AvgIpc) is 3.08. The van der Waals surface area contributed by atoms with Gasteiger partial charge in [-0.2, -0.15) is 0 Å². The molecule has 1 aromatic heterocycles. The Morgan fingerprint density at radius 1 is 1.04 bits per heavy atom. The van der Waals surface area contributed by atoms with Gasteiger partial charge in [0.2, 0.25) is 0 Å². The smallest absolute Gasteiger partial charge is 0.139 e. The minimum atomic E-state index is -0.0142. The highest BCUT2D eigenvalue weighted by atomic mass is 16.6. The second kappa shape index (κ2) is 4.46. The molecule has 3 fully saturated rings. The van der Waals surface area contributed by atoms with Crippen molar-refractivity contribution in [1.82, 2.24) is 10.3 Å². The first-order valence-electron chi connectivity index (χ1n) is 9.36. The zero-order valence-electron chi connectivity index (χ0n) is 14.2. The standard InChI is InChI=1S/C19H26N2O2/c1-18-8-7-14-12(13(18)5-6-17(18)22)4-3-11-9-15-16(21-23-20-15)10-19(11,14)2/h11-14H,3-10H2,1-2H3. The summed E-state index contributed by atoms with van der Waals surface area (Å²) in [6.07, 6.45) is 8.93. The lowest BCUT2D eigenvalue weighted by Gasteiger charge is -2.58. The summed E-state index contributed by atoms with van der Waals surface area (Å²) in [6, 6.07) is 0. The fourth-order valence-electron chi connectivity index (χ4n) is 7.02. The molecule has 6 unspecified atom stereocenters. The third kappa shape index (κ3) is 1.70. The monoisotopic (exact) mass is 314 g/mol. The number of aromatic nitrogens is 2. The number of hydrogen-bond acceptors (Lipinski definition) is 4. The molecule has 0 N–H and O–H groups in total. The first-order valence-corrected chi connectivity index (χ1v) is 9.36. The fraction of sp³-hybridized carbons (Fsp3) is 0.842. The Bertz CT molecular complexity index is 668. The molecule has 124 valence electrons. The van der Waals surface area contributed by atoms with Gasteiger partial charge in [0, 0.05) is 18.3 Å². The summed E-state index contributed by atoms with van der Waals surface area (Å²) in [6.45, 7) is 4.75. The van der Waals surface area contributed by atoms with Crippen molar-refractivity contribution in [3.8, 4) is 0 Å². The number of ketones is 1. The second-order valence-electron chi connectivity index (χ2n) is 9.11. The molecule has 0 aliphatic heterocycles. The molecule has 4 heteroatoms. The number of nitrogens with zero attached hydrogens (tertiary/aromatic N) is 2. The van der Waals surface area contributed by atoms with E-state index in [1.54, 1.807) is 0 Å². The van der Waals surface area contributed by atoms with Crippen molar-refractivity contribution in [2.75, 3.05) is 0 Å². The van der Waals surface area contributed by atoms with E-state index >= 15 is 0 Å². The molecule has 0 bridgehead atoms. The highest BCUT2D eigenvalue weighted by Gasteiger charge is 2.60. The van der Waals surface area contributed by atoms with Crippen molar-refractivity contribution in [2.45, 2.75) is 65.2 Å². The highest BCUT2D eigenvalue weighted by molar-refractivity contribution is 5.87. The summed E-state index contributed by atoms with van der Waals surface area (Å²) in [5.41, 5.74) is 2.50. The molecule has 0 radical (unpaired) electrons. The Hall–Kier alpha value is -1.19. The van der Waals surface area contributed by atoms with Crippen LogP contribution in [0.5, 0.6) is 0 Å². The van der Waals surface area contributed by atoms with Crippen LogP contribution in [0.25, 0.3) is 0 Å². The number of rotatable bonds is 0. The van der Waals surface area contributed by atoms with E-state index in [-0.39, 0.29) is 5.41 Å². The SMILES string of the molecule is CC12CCC3C(CCC4Cc5nonc5CC43C)C1CCC2=O. The van der Waals surface area contributed by atoms with Crippen LogP contribution in [-0.2, 0) is 17.6 Å². The minimum Gasteiger partial charge on any atom is -0.299 e. The molecule has 1 aromatic rings. The lowest BCUT2D eigenvalue weighted by Crippen LogP contribution is -2.54. The number of carbonyl (C=O) groups excluding carboxylic acids is 1. The van der Waals surface area contributed by atoms with Crippen LogP contribution in [0, 0.1) is 34.5 Å². The molecule has 0 saturated heterocycles. The lowest BCUT2D eigenvalue weighted by atomic mass is 9.45. The van der Waals surface area contributed by atoms with Crippen molar-refractivity contribution >= 4 is 5.78 Å². The topological polar surface area (TPSA) is 56.0 Å². The van der Waals surface area contributed by atoms with E-state index in [0.29, 0.717) is 23.0 Å². The van der Waals surface area contributed by atoms with E-state index in [1.165, 1.54) is 19.3 Å². The molecule has 1 heterocycles. The Morgan fingerprint density at radius 3 is 2.74 bits per heavy atom. The van der Waals surface area contributed by atoms with Crippen LogP contribution >= 0.6 is 0 Å². The van der Waals surface area contributed by atoms with Gasteiger partial charge in [-0.15, -0.1) is 0 Å². The zero-order valence-corrected chi connectivity index (χ0v) is 14.2. The third-order valence-electron chi connectivity index (χ3n) is 8.40. The van der Waals surface area contributed by atoms with Gasteiger partial charge in [0.1, 0.15) is 17.2 Å². The first kappa shape index (κ1) is 14.2. The maximum absolute atomic E-state index is 12.5. The summed E-state index contributed by atoms with van der Waals surface area (Å²) >= 11 is 0. The van der Waals surface area contributed by atoms with E-state index in [9.17, 15) is 4.79 Å². The lowest BCUT2D eigenvalue weighted by molar-refractivity contribution is -0.136. The Labute approximate surface area is 137 Å². The summed E-state index contributed by atoms with van der Waals surface area (Å²) < 4.78 is 5.01. The van der Waals surface area contributed by atoms with Gasteiger partial charge >= 0.3 is 0 Å². The minimum absolute atomic E-state index is 0.0142. The molecule has 6 atom stereocenters. The molecule has 0 amide bonds. The van der Waals surface area contributed by atoms with E-state index < -0.39 is 0 Å². The van der Waals surface area contributed by atoms with Crippen LogP contribution in [0.1, 0.15) is 63.8 Å². The van der Waals surface area contributed by atoms with Crippen LogP contribution in [0.3, 0.4) is 0 Å². The second-order valence-corrected chi connectivity index (χ2v) is 9.11. The molecule has 4 aliphatic rings. The number of Topliss-reactive ketones (excluding diaryl/α,β-unsaturated/α-hetero) is 1. The van der Waals surface area contributed by atoms with E-state index in [0.717, 1.165) is 55.3 Å². The van der Waals surface area contributed by atoms with Gasteiger partial charge < -0.3 is 0 Å². The van der Waals surface area contributed by atoms with Gasteiger partial charge in [-0.3, -0.25) is 4.79 Å². The zero-order chi connectivity index (χ0) is 15.8. The molecule has 0 spiro atoms. The predicted octanol–water partition coefficient (Wildman–Crippen LogP) is 3.60. The number of carbonyl (C=O) groups is 1. The van der Waals surface area contributed by atoms with Gasteiger partial charge in [0.05, 0.1) is 0 Å². The van der Waals surface area contributed by atoms with Crippen molar-refractivity contribution in [1.29, 1.82) is 0 Å². The van der Waals surface area contributed by atoms with Gasteiger partial charge in [0.25, 0.3) is 0 Å². The predicted molar refractivity (Wildman–Crippen MR) is 84.6 cm³/mol. The van der Waals surface area contributed by atoms with Crippen LogP contribution < -0.4 is 0 Å². The largest absolute Gasteiger partial charge is 0.299 e. The quantitative estimate of drug-likeness (QED) is 0.734. The van der Waals surface area contributed by atoms with Crippen molar-refractivity contribution < 1.29 is 9.42 Å². The summed E-state index contributed by atoms with van der Waals surface area (Å²) in [7, 11) is 0. The maximum atomic E-state index is 12.5. The Kier molecular flexibility index (Phi) is 2.75. The Balaban J connectivity index is 1.51. The normalized spacial score (nSPS) is 48.3. The van der Waals surface area contributed by atoms with Crippen LogP contribution in [0.4, 0.5) is 0 Å². The maximum Gasteiger partial charge on any atom is 0.139 e. The molecule has 3 saturated carbocycles. The van der Waals surface area contributed by atoms with Crippen LogP contribution in [0.2, 0.25) is 0 Å². The van der Waals surface area contributed by atoms with Crippen molar-refractivity contribution in [3.63, 3.8) is 0 Å². The summed E-state index contributed by atoms with van der Waals surface area (Å²) in [4.78, 5) is 12.5. The fourth-order valence-corrected chi connectivity index (χ4v) is 7.02. The first-order chi connectivity index (χ1) is 11.0. The highest BCUT2D eigenvalue weighted by Crippen LogP contribution is 2.64. The van der Waals surface area contributed by atoms with E-state index in [1.807, 2.05) is 0 Å². The molecular formula is C19H26N2O2. The molecule has 5 rings (SSSR count). The Morgan fingerprint density at radius 2 is 1.87 bits per heavy atom. The van der Waals surface area contributed by atoms with Crippen LogP contribution in [-0.4, -0.2) is 16.1 Å². The van der Waals surface area contributed by atoms with Gasteiger partial charge in [0.15, 0.2) is 0 Å². The summed E-state index contributed by atoms with van der Waals surface area (Å²) in [5.74, 6) is 3.37. The summed E-state index contributed by atoms with van der Waals surface area (Å²) in [5, 5.41) is 8.31. The molecular weight excluding hydrogens is 288 g/mol. The molecule has 4 nitrogen and oxygen atoms in total. The van der Waals surface area contributed by atoms with Gasteiger partial charge in [-0.25, -0.2) is 4.63 Å². The van der Waals surface area contributed by atoms with E-state index in [2.05, 4.69) is 24.2 Å². The number of fused-ring (bicyclic) bond motifs is 6. The van der Waals surface area contributed by atoms with Crippen molar-refractivity contribution in [2.24, 2.45) is 34.5 Å². The average molecular weight is 314 g/mol. The third-order valence-corrected chi connectivity index (χ3v) is 8.40. The molecule has 23 heavy (non-hydrogen) atoms. The van der Waals surface area contributed by atoms with Gasteiger partial charge in [-0.05, 0) is 67.6 Å². The number of hydrogen-bond donors (Lipinski definition) is 0. The van der Waals surface area contributed by atoms with E-state index in [4.69, 9.17) is 4.63 Å². The molecule has 4 aliphatic carbocycles. The molecule has 0 aromatic carbocycles. The van der Waals surface area contributed by atoms with Crippen LogP contribution in [0.15, 0.2) is 4.63 Å².